The van der Waals surface area contributed by atoms with Gasteiger partial charge in [0.25, 0.3) is 0 Å². The van der Waals surface area contributed by atoms with Crippen LogP contribution >= 0.6 is 0 Å². The summed E-state index contributed by atoms with van der Waals surface area (Å²) in [5.41, 5.74) is 12.2. The molecule has 0 N–H and O–H groups in total. The van der Waals surface area contributed by atoms with Crippen LogP contribution in [0, 0.1) is 0 Å². The summed E-state index contributed by atoms with van der Waals surface area (Å²) in [5, 5.41) is 11.9. The fourth-order valence-corrected chi connectivity index (χ4v) is 10.7. The molecule has 0 aliphatic rings. The quantitative estimate of drug-likeness (QED) is 0.156. The van der Waals surface area contributed by atoms with Gasteiger partial charge in [-0.05, 0) is 98.7 Å². The lowest BCUT2D eigenvalue weighted by molar-refractivity contribution is 1.08. The zero-order valence-electron chi connectivity index (χ0n) is 36.8. The van der Waals surface area contributed by atoms with E-state index in [-0.39, 0.29) is 0 Å². The maximum atomic E-state index is 5.21. The van der Waals surface area contributed by atoms with Gasteiger partial charge in [0, 0.05) is 55.0 Å². The van der Waals surface area contributed by atoms with Crippen LogP contribution in [0.4, 0.5) is 0 Å². The van der Waals surface area contributed by atoms with E-state index in [9.17, 15) is 0 Å². The van der Waals surface area contributed by atoms with Crippen LogP contribution in [0.15, 0.2) is 237 Å². The fourth-order valence-electron chi connectivity index (χ4n) is 10.7. The van der Waals surface area contributed by atoms with Gasteiger partial charge in [-0.1, -0.05) is 176 Å². The zero-order valence-corrected chi connectivity index (χ0v) is 36.8. The summed E-state index contributed by atoms with van der Waals surface area (Å²) >= 11 is 0. The lowest BCUT2D eigenvalue weighted by atomic mass is 9.91. The molecule has 68 heavy (non-hydrogen) atoms. The summed E-state index contributed by atoms with van der Waals surface area (Å²) in [6.45, 7) is 0. The van der Waals surface area contributed by atoms with Crippen molar-refractivity contribution in [2.24, 2.45) is 0 Å². The van der Waals surface area contributed by atoms with Crippen molar-refractivity contribution < 1.29 is 0 Å². The molecule has 0 fully saturated rings. The molecule has 0 bridgehead atoms. The second-order valence-corrected chi connectivity index (χ2v) is 17.5. The van der Waals surface area contributed by atoms with Gasteiger partial charge in [-0.2, -0.15) is 0 Å². The Hall–Kier alpha value is -9.19. The van der Waals surface area contributed by atoms with E-state index in [2.05, 4.69) is 209 Å². The highest BCUT2D eigenvalue weighted by atomic mass is 15.0. The van der Waals surface area contributed by atoms with Crippen LogP contribution < -0.4 is 0 Å². The number of rotatable bonds is 6. The van der Waals surface area contributed by atoms with Crippen molar-refractivity contribution in [1.29, 1.82) is 0 Å². The first kappa shape index (κ1) is 38.1. The molecule has 0 spiro atoms. The van der Waals surface area contributed by atoms with Gasteiger partial charge in [0.15, 0.2) is 17.5 Å². The fraction of sp³-hybridized carbons (Fsp3) is 0. The monoisotopic (exact) mass is 865 g/mol. The van der Waals surface area contributed by atoms with E-state index in [4.69, 9.17) is 15.0 Å². The lowest BCUT2D eigenvalue weighted by Gasteiger charge is -2.16. The molecule has 316 valence electrons. The summed E-state index contributed by atoms with van der Waals surface area (Å²) in [7, 11) is 0. The van der Waals surface area contributed by atoms with Crippen LogP contribution in [-0.2, 0) is 0 Å². The molecule has 0 saturated carbocycles. The molecule has 0 atom stereocenters. The molecule has 3 aromatic heterocycles. The Kier molecular flexibility index (Phi) is 8.52. The van der Waals surface area contributed by atoms with Crippen molar-refractivity contribution in [1.82, 2.24) is 24.1 Å². The van der Waals surface area contributed by atoms with Gasteiger partial charge in [-0.15, -0.1) is 0 Å². The Labute approximate surface area is 391 Å². The van der Waals surface area contributed by atoms with E-state index in [1.807, 2.05) is 36.4 Å². The van der Waals surface area contributed by atoms with Crippen molar-refractivity contribution >= 4 is 75.9 Å². The van der Waals surface area contributed by atoms with Gasteiger partial charge >= 0.3 is 0 Å². The normalized spacial score (nSPS) is 11.8. The van der Waals surface area contributed by atoms with E-state index in [0.717, 1.165) is 49.7 Å². The molecule has 14 rings (SSSR count). The second-order valence-electron chi connectivity index (χ2n) is 17.5. The minimum Gasteiger partial charge on any atom is -0.309 e. The molecule has 0 amide bonds. The first-order valence-corrected chi connectivity index (χ1v) is 23.1. The Morgan fingerprint density at radius 2 is 0.676 bits per heavy atom. The third-order valence-electron chi connectivity index (χ3n) is 13.7. The second kappa shape index (κ2) is 15.2. The van der Waals surface area contributed by atoms with Gasteiger partial charge in [0.2, 0.25) is 0 Å². The van der Waals surface area contributed by atoms with Crippen molar-refractivity contribution in [3.8, 4) is 56.7 Å². The highest BCUT2D eigenvalue weighted by Crippen LogP contribution is 2.43. The van der Waals surface area contributed by atoms with E-state index in [1.54, 1.807) is 0 Å². The lowest BCUT2D eigenvalue weighted by Crippen LogP contribution is -2.01. The number of hydrogen-bond donors (Lipinski definition) is 0. The van der Waals surface area contributed by atoms with Gasteiger partial charge in [-0.25, -0.2) is 15.0 Å². The van der Waals surface area contributed by atoms with Crippen molar-refractivity contribution in [3.63, 3.8) is 0 Å². The maximum Gasteiger partial charge on any atom is 0.164 e. The van der Waals surface area contributed by atoms with Crippen LogP contribution in [0.2, 0.25) is 0 Å². The largest absolute Gasteiger partial charge is 0.309 e. The number of nitrogens with zero attached hydrogens (tertiary/aromatic N) is 5. The molecule has 0 aliphatic carbocycles. The van der Waals surface area contributed by atoms with Crippen LogP contribution in [0.3, 0.4) is 0 Å². The minimum atomic E-state index is 0.642. The van der Waals surface area contributed by atoms with Gasteiger partial charge < -0.3 is 9.13 Å². The van der Waals surface area contributed by atoms with E-state index in [1.165, 1.54) is 65.4 Å². The molecule has 11 aromatic carbocycles. The van der Waals surface area contributed by atoms with Crippen molar-refractivity contribution in [2.45, 2.75) is 0 Å². The Morgan fingerprint density at radius 3 is 1.28 bits per heavy atom. The average Bonchev–Trinajstić information content (AvgIpc) is 3.93. The molecule has 0 aliphatic heterocycles. The van der Waals surface area contributed by atoms with Crippen LogP contribution in [0.1, 0.15) is 0 Å². The highest BCUT2D eigenvalue weighted by molar-refractivity contribution is 6.28. The zero-order chi connectivity index (χ0) is 44.7. The molecule has 0 radical (unpaired) electrons. The highest BCUT2D eigenvalue weighted by Gasteiger charge is 2.20. The maximum absolute atomic E-state index is 5.21. The van der Waals surface area contributed by atoms with Crippen molar-refractivity contribution in [2.75, 3.05) is 0 Å². The Bertz CT molecular complexity index is 4250. The molecular weight excluding hydrogens is 827 g/mol. The SMILES string of the molecule is c1ccc(-c2nc(-c3ccccc3)nc(-c3cccc4c5cc(-n6c7ccccc7c7cc(-c8ccc9c(c8)c8ccccc8n9-c8ccccc8)ccc76)ccc5c5ccccc5c34)n2)cc1. The predicted octanol–water partition coefficient (Wildman–Crippen LogP) is 16.2. The van der Waals surface area contributed by atoms with Gasteiger partial charge in [-0.3, -0.25) is 0 Å². The van der Waals surface area contributed by atoms with E-state index < -0.39 is 0 Å². The Morgan fingerprint density at radius 1 is 0.235 bits per heavy atom. The summed E-state index contributed by atoms with van der Waals surface area (Å²) in [5.74, 6) is 1.93. The summed E-state index contributed by atoms with van der Waals surface area (Å²) < 4.78 is 4.80. The van der Waals surface area contributed by atoms with Crippen LogP contribution in [-0.4, -0.2) is 24.1 Å². The molecule has 5 heteroatoms. The van der Waals surface area contributed by atoms with E-state index >= 15 is 0 Å². The first-order chi connectivity index (χ1) is 33.7. The predicted molar refractivity (Wildman–Crippen MR) is 283 cm³/mol. The van der Waals surface area contributed by atoms with E-state index in [0.29, 0.717) is 17.5 Å². The average molecular weight is 866 g/mol. The third kappa shape index (κ3) is 5.93. The number of aromatic nitrogens is 5. The number of benzene rings is 11. The molecule has 0 unspecified atom stereocenters. The molecular formula is C63H39N5. The smallest absolute Gasteiger partial charge is 0.164 e. The minimum absolute atomic E-state index is 0.642. The number of fused-ring (bicyclic) bond motifs is 12. The van der Waals surface area contributed by atoms with Gasteiger partial charge in [0.1, 0.15) is 0 Å². The molecule has 3 heterocycles. The van der Waals surface area contributed by atoms with Crippen LogP contribution in [0.5, 0.6) is 0 Å². The summed E-state index contributed by atoms with van der Waals surface area (Å²) in [6.07, 6.45) is 0. The summed E-state index contributed by atoms with van der Waals surface area (Å²) in [6, 6.07) is 84.7. The third-order valence-corrected chi connectivity index (χ3v) is 13.7. The number of hydrogen-bond acceptors (Lipinski definition) is 3. The summed E-state index contributed by atoms with van der Waals surface area (Å²) in [4.78, 5) is 15.4. The molecule has 0 saturated heterocycles. The standard InChI is InChI=1S/C63H39N5/c1-4-17-40(18-5-1)61-64-62(41-19-6-2-7-20-41)66-63(65-61)52-28-16-27-51-53-39-45(33-34-47(53)46-23-10-11-26-50(46)60(51)52)68-57-30-15-13-25-49(57)55-38-43(32-36-59(55)68)42-31-35-58-54(37-42)48-24-12-14-29-56(48)67(58)44-21-8-3-9-22-44/h1-39H. The molecule has 14 aromatic rings. The van der Waals surface area contributed by atoms with Crippen LogP contribution in [0.25, 0.3) is 133 Å². The Balaban J connectivity index is 0.956. The van der Waals surface area contributed by atoms with Crippen molar-refractivity contribution in [3.05, 3.63) is 237 Å². The first-order valence-electron chi connectivity index (χ1n) is 23.1. The topological polar surface area (TPSA) is 48.5 Å². The number of para-hydroxylation sites is 3. The van der Waals surface area contributed by atoms with Gasteiger partial charge in [0.05, 0.1) is 22.1 Å². The molecule has 5 nitrogen and oxygen atoms in total.